The van der Waals surface area contributed by atoms with Crippen molar-refractivity contribution >= 4 is 29.7 Å². The van der Waals surface area contributed by atoms with E-state index in [9.17, 15) is 19.6 Å². The van der Waals surface area contributed by atoms with E-state index in [1.807, 2.05) is 45.2 Å². The SMILES string of the molecule is CCc1ccc(C(C(=O)NC(C)C)N(CC#N)C(=O)C(CCSC)NC(=O)OC(C)(C)C)cc1. The molecule has 2 atom stereocenters. The number of nitrogens with one attached hydrogen (secondary N) is 2. The molecule has 3 amide bonds. The third-order valence-corrected chi connectivity index (χ3v) is 5.46. The van der Waals surface area contributed by atoms with Crippen LogP contribution < -0.4 is 10.6 Å². The van der Waals surface area contributed by atoms with Crippen LogP contribution in [0.15, 0.2) is 24.3 Å². The lowest BCUT2D eigenvalue weighted by molar-refractivity contribution is -0.142. The van der Waals surface area contributed by atoms with Gasteiger partial charge in [-0.15, -0.1) is 0 Å². The van der Waals surface area contributed by atoms with E-state index in [1.165, 1.54) is 16.7 Å². The van der Waals surface area contributed by atoms with Crippen molar-refractivity contribution in [1.82, 2.24) is 15.5 Å². The highest BCUT2D eigenvalue weighted by Crippen LogP contribution is 2.24. The Morgan fingerprint density at radius 3 is 2.24 bits per heavy atom. The van der Waals surface area contributed by atoms with Crippen molar-refractivity contribution in [2.75, 3.05) is 18.6 Å². The van der Waals surface area contributed by atoms with Gasteiger partial charge >= 0.3 is 6.09 Å². The maximum absolute atomic E-state index is 13.7. The standard InChI is InChI=1S/C25H38N4O4S/c1-8-18-9-11-19(12-10-18)21(22(30)27-17(2)3)29(15-14-26)23(31)20(13-16-34-7)28-24(32)33-25(4,5)6/h9-12,17,20-21H,8,13,15-16H2,1-7H3,(H,27,30)(H,28,32). The van der Waals surface area contributed by atoms with Crippen LogP contribution in [0.5, 0.6) is 0 Å². The molecule has 0 heterocycles. The van der Waals surface area contributed by atoms with Gasteiger partial charge in [0.15, 0.2) is 0 Å². The Hall–Kier alpha value is -2.73. The zero-order valence-corrected chi connectivity index (χ0v) is 22.1. The molecule has 8 nitrogen and oxygen atoms in total. The fourth-order valence-electron chi connectivity index (χ4n) is 3.29. The van der Waals surface area contributed by atoms with Crippen LogP contribution in [0.1, 0.15) is 65.1 Å². The molecule has 0 saturated heterocycles. The largest absolute Gasteiger partial charge is 0.444 e. The molecule has 0 bridgehead atoms. The molecule has 188 valence electrons. The summed E-state index contributed by atoms with van der Waals surface area (Å²) in [5.41, 5.74) is 0.957. The predicted octanol–water partition coefficient (Wildman–Crippen LogP) is 3.81. The van der Waals surface area contributed by atoms with Crippen LogP contribution >= 0.6 is 11.8 Å². The van der Waals surface area contributed by atoms with E-state index < -0.39 is 29.7 Å². The van der Waals surface area contributed by atoms with Crippen LogP contribution in [-0.4, -0.2) is 59.0 Å². The van der Waals surface area contributed by atoms with Gasteiger partial charge in [0.1, 0.15) is 24.2 Å². The van der Waals surface area contributed by atoms with Gasteiger partial charge in [0.05, 0.1) is 6.07 Å². The summed E-state index contributed by atoms with van der Waals surface area (Å²) < 4.78 is 5.34. The summed E-state index contributed by atoms with van der Waals surface area (Å²) in [6, 6.07) is 7.31. The van der Waals surface area contributed by atoms with Gasteiger partial charge in [-0.3, -0.25) is 9.59 Å². The maximum Gasteiger partial charge on any atom is 0.408 e. The Morgan fingerprint density at radius 1 is 1.15 bits per heavy atom. The highest BCUT2D eigenvalue weighted by atomic mass is 32.2. The first-order valence-corrected chi connectivity index (χ1v) is 12.9. The van der Waals surface area contributed by atoms with Crippen molar-refractivity contribution in [2.45, 2.75) is 78.1 Å². The molecule has 0 fully saturated rings. The van der Waals surface area contributed by atoms with Crippen LogP contribution in [0.3, 0.4) is 0 Å². The summed E-state index contributed by atoms with van der Waals surface area (Å²) in [7, 11) is 0. The number of hydrogen-bond acceptors (Lipinski definition) is 6. The number of nitriles is 1. The van der Waals surface area contributed by atoms with E-state index in [0.717, 1.165) is 12.0 Å². The van der Waals surface area contributed by atoms with Gasteiger partial charge in [-0.05, 0) is 70.6 Å². The third kappa shape index (κ3) is 9.64. The number of carbonyl (C=O) groups is 3. The molecule has 1 aromatic rings. The highest BCUT2D eigenvalue weighted by Gasteiger charge is 2.36. The molecule has 0 aromatic heterocycles. The lowest BCUT2D eigenvalue weighted by atomic mass is 10.00. The van der Waals surface area contributed by atoms with Gasteiger partial charge in [0, 0.05) is 6.04 Å². The highest BCUT2D eigenvalue weighted by molar-refractivity contribution is 7.98. The average Bonchev–Trinajstić information content (AvgIpc) is 2.74. The number of amides is 3. The Labute approximate surface area is 207 Å². The molecule has 0 aliphatic carbocycles. The zero-order valence-electron chi connectivity index (χ0n) is 21.3. The Morgan fingerprint density at radius 2 is 1.76 bits per heavy atom. The van der Waals surface area contributed by atoms with Crippen LogP contribution in [-0.2, 0) is 20.7 Å². The number of aryl methyl sites for hydroxylation is 1. The molecule has 0 saturated carbocycles. The van der Waals surface area contributed by atoms with E-state index in [2.05, 4.69) is 10.6 Å². The van der Waals surface area contributed by atoms with Crippen LogP contribution in [0.4, 0.5) is 4.79 Å². The lowest BCUT2D eigenvalue weighted by Crippen LogP contribution is -2.53. The summed E-state index contributed by atoms with van der Waals surface area (Å²) in [4.78, 5) is 40.6. The summed E-state index contributed by atoms with van der Waals surface area (Å²) in [6.45, 7) is 10.6. The zero-order chi connectivity index (χ0) is 25.9. The fraction of sp³-hybridized carbons (Fsp3) is 0.600. The molecule has 1 rings (SSSR count). The lowest BCUT2D eigenvalue weighted by Gasteiger charge is -2.33. The molecule has 9 heteroatoms. The molecule has 1 aromatic carbocycles. The topological polar surface area (TPSA) is 112 Å². The Kier molecular flexibility index (Phi) is 11.9. The quantitative estimate of drug-likeness (QED) is 0.456. The van der Waals surface area contributed by atoms with Crippen molar-refractivity contribution in [3.05, 3.63) is 35.4 Å². The van der Waals surface area contributed by atoms with E-state index >= 15 is 0 Å². The number of carbonyl (C=O) groups excluding carboxylic acids is 3. The number of nitrogens with zero attached hydrogens (tertiary/aromatic N) is 2. The first-order valence-electron chi connectivity index (χ1n) is 11.5. The Bertz CT molecular complexity index is 859. The van der Waals surface area contributed by atoms with Crippen molar-refractivity contribution in [1.29, 1.82) is 5.26 Å². The smallest absolute Gasteiger partial charge is 0.408 e. The summed E-state index contributed by atoms with van der Waals surface area (Å²) in [6.07, 6.45) is 2.34. The van der Waals surface area contributed by atoms with Crippen molar-refractivity contribution in [3.63, 3.8) is 0 Å². The first-order chi connectivity index (χ1) is 15.9. The molecule has 34 heavy (non-hydrogen) atoms. The van der Waals surface area contributed by atoms with Gasteiger partial charge in [0.2, 0.25) is 11.8 Å². The monoisotopic (exact) mass is 490 g/mol. The third-order valence-electron chi connectivity index (χ3n) is 4.82. The molecule has 0 aliphatic heterocycles. The second-order valence-corrected chi connectivity index (χ2v) is 10.3. The van der Waals surface area contributed by atoms with Crippen LogP contribution in [0.2, 0.25) is 0 Å². The van der Waals surface area contributed by atoms with Gasteiger partial charge < -0.3 is 20.3 Å². The predicted molar refractivity (Wildman–Crippen MR) is 135 cm³/mol. The van der Waals surface area contributed by atoms with Crippen molar-refractivity contribution in [3.8, 4) is 6.07 Å². The molecule has 2 unspecified atom stereocenters. The number of hydrogen-bond donors (Lipinski definition) is 2. The minimum Gasteiger partial charge on any atom is -0.444 e. The molecular weight excluding hydrogens is 452 g/mol. The Balaban J connectivity index is 3.39. The molecule has 0 radical (unpaired) electrons. The van der Waals surface area contributed by atoms with E-state index in [0.29, 0.717) is 17.7 Å². The fourth-order valence-corrected chi connectivity index (χ4v) is 3.76. The number of ether oxygens (including phenoxy) is 1. The molecule has 2 N–H and O–H groups in total. The second-order valence-electron chi connectivity index (χ2n) is 9.27. The van der Waals surface area contributed by atoms with Crippen LogP contribution in [0.25, 0.3) is 0 Å². The van der Waals surface area contributed by atoms with Gasteiger partial charge in [-0.25, -0.2) is 4.79 Å². The maximum atomic E-state index is 13.7. The van der Waals surface area contributed by atoms with E-state index in [-0.39, 0.29) is 18.5 Å². The number of thioether (sulfide) groups is 1. The van der Waals surface area contributed by atoms with Crippen LogP contribution in [0, 0.1) is 11.3 Å². The van der Waals surface area contributed by atoms with E-state index in [4.69, 9.17) is 4.74 Å². The van der Waals surface area contributed by atoms with Gasteiger partial charge in [-0.1, -0.05) is 31.2 Å². The first kappa shape index (κ1) is 29.3. The minimum atomic E-state index is -1.02. The van der Waals surface area contributed by atoms with Gasteiger partial charge in [0.25, 0.3) is 0 Å². The normalized spacial score (nSPS) is 12.9. The number of alkyl carbamates (subject to hydrolysis) is 1. The molecular formula is C25H38N4O4S. The summed E-state index contributed by atoms with van der Waals surface area (Å²) >= 11 is 1.53. The van der Waals surface area contributed by atoms with Gasteiger partial charge in [-0.2, -0.15) is 17.0 Å². The second kappa shape index (κ2) is 13.9. The van der Waals surface area contributed by atoms with Crippen molar-refractivity contribution < 1.29 is 19.1 Å². The minimum absolute atomic E-state index is 0.156. The number of rotatable bonds is 11. The van der Waals surface area contributed by atoms with E-state index in [1.54, 1.807) is 32.9 Å². The van der Waals surface area contributed by atoms with Crippen molar-refractivity contribution in [2.24, 2.45) is 0 Å². The summed E-state index contributed by atoms with van der Waals surface area (Å²) in [5, 5.41) is 15.0. The summed E-state index contributed by atoms with van der Waals surface area (Å²) in [5.74, 6) is -0.297. The average molecular weight is 491 g/mol. The molecule has 0 aliphatic rings. The number of benzene rings is 1. The molecule has 0 spiro atoms.